The molecule has 0 aliphatic heterocycles. The van der Waals surface area contributed by atoms with Crippen LogP contribution in [0, 0.1) is 0 Å². The molecule has 2 N–H and O–H groups in total. The van der Waals surface area contributed by atoms with Crippen LogP contribution in [0.1, 0.15) is 73.4 Å². The van der Waals surface area contributed by atoms with E-state index in [9.17, 15) is 0 Å². The third-order valence-corrected chi connectivity index (χ3v) is 4.95. The summed E-state index contributed by atoms with van der Waals surface area (Å²) in [5.74, 6) is 0.721. The van der Waals surface area contributed by atoms with Gasteiger partial charge in [-0.2, -0.15) is 0 Å². The number of hydrogen-bond donors (Lipinski definition) is 1. The Bertz CT molecular complexity index is 338. The highest BCUT2D eigenvalue weighted by atomic mass is 32.1. The van der Waals surface area contributed by atoms with Gasteiger partial charge in [0.25, 0.3) is 0 Å². The second-order valence-electron chi connectivity index (χ2n) is 5.06. The van der Waals surface area contributed by atoms with Gasteiger partial charge in [-0.05, 0) is 19.3 Å². The third kappa shape index (κ3) is 3.29. The maximum Gasteiger partial charge on any atom is 0.0962 e. The quantitative estimate of drug-likeness (QED) is 0.823. The van der Waals surface area contributed by atoms with Crippen molar-refractivity contribution in [3.8, 4) is 0 Å². The summed E-state index contributed by atoms with van der Waals surface area (Å²) in [5.41, 5.74) is 7.10. The number of nitrogens with zero attached hydrogens (tertiary/aromatic N) is 1. The molecule has 2 rings (SSSR count). The van der Waals surface area contributed by atoms with Gasteiger partial charge in [-0.15, -0.1) is 11.3 Å². The van der Waals surface area contributed by atoms with Crippen LogP contribution < -0.4 is 5.73 Å². The first-order valence-corrected chi connectivity index (χ1v) is 7.85. The first-order valence-electron chi connectivity index (χ1n) is 7.03. The van der Waals surface area contributed by atoms with E-state index in [0.29, 0.717) is 6.54 Å². The van der Waals surface area contributed by atoms with E-state index in [-0.39, 0.29) is 0 Å². The molecule has 1 saturated carbocycles. The molecule has 0 radical (unpaired) electrons. The van der Waals surface area contributed by atoms with E-state index in [1.165, 1.54) is 60.5 Å². The van der Waals surface area contributed by atoms with Crippen molar-refractivity contribution in [1.82, 2.24) is 4.98 Å². The Morgan fingerprint density at radius 3 is 2.53 bits per heavy atom. The lowest BCUT2D eigenvalue weighted by Gasteiger charge is -2.09. The molecule has 1 aromatic heterocycles. The minimum atomic E-state index is 0.666. The maximum atomic E-state index is 5.83. The first kappa shape index (κ1) is 13.0. The number of hydrogen-bond acceptors (Lipinski definition) is 3. The van der Waals surface area contributed by atoms with Crippen LogP contribution in [-0.2, 0) is 13.0 Å². The fraction of sp³-hybridized carbons (Fsp3) is 0.786. The van der Waals surface area contributed by atoms with Gasteiger partial charge in [-0.1, -0.05) is 39.0 Å². The van der Waals surface area contributed by atoms with Crippen molar-refractivity contribution in [3.05, 3.63) is 15.6 Å². The van der Waals surface area contributed by atoms with Crippen molar-refractivity contribution < 1.29 is 0 Å². The molecule has 2 nitrogen and oxygen atoms in total. The average Bonchev–Trinajstić information content (AvgIpc) is 2.58. The number of thiazole rings is 1. The van der Waals surface area contributed by atoms with E-state index in [2.05, 4.69) is 6.92 Å². The van der Waals surface area contributed by atoms with Crippen molar-refractivity contribution in [3.63, 3.8) is 0 Å². The normalized spacial score (nSPS) is 18.2. The highest BCUT2D eigenvalue weighted by Crippen LogP contribution is 2.35. The Morgan fingerprint density at radius 1 is 1.24 bits per heavy atom. The lowest BCUT2D eigenvalue weighted by atomic mass is 10.0. The minimum absolute atomic E-state index is 0.666. The van der Waals surface area contributed by atoms with Gasteiger partial charge in [-0.3, -0.25) is 0 Å². The number of aryl methyl sites for hydroxylation is 1. The van der Waals surface area contributed by atoms with Crippen LogP contribution in [0.4, 0.5) is 0 Å². The summed E-state index contributed by atoms with van der Waals surface area (Å²) in [7, 11) is 0. The lowest BCUT2D eigenvalue weighted by Crippen LogP contribution is -1.98. The van der Waals surface area contributed by atoms with Crippen LogP contribution in [0.25, 0.3) is 0 Å². The van der Waals surface area contributed by atoms with Crippen molar-refractivity contribution >= 4 is 11.3 Å². The molecule has 1 fully saturated rings. The van der Waals surface area contributed by atoms with E-state index in [1.54, 1.807) is 0 Å². The Kier molecular flexibility index (Phi) is 4.99. The van der Waals surface area contributed by atoms with Crippen LogP contribution >= 0.6 is 11.3 Å². The summed E-state index contributed by atoms with van der Waals surface area (Å²) in [6.07, 6.45) is 10.5. The summed E-state index contributed by atoms with van der Waals surface area (Å²) in [6, 6.07) is 0. The minimum Gasteiger partial charge on any atom is -0.326 e. The van der Waals surface area contributed by atoms with E-state index in [1.807, 2.05) is 11.3 Å². The van der Waals surface area contributed by atoms with Crippen molar-refractivity contribution in [2.45, 2.75) is 70.8 Å². The molecule has 1 aliphatic carbocycles. The van der Waals surface area contributed by atoms with Gasteiger partial charge >= 0.3 is 0 Å². The molecule has 96 valence electrons. The highest BCUT2D eigenvalue weighted by Gasteiger charge is 2.19. The molecular formula is C14H24N2S. The second-order valence-corrected chi connectivity index (χ2v) is 6.18. The molecule has 0 saturated heterocycles. The van der Waals surface area contributed by atoms with Gasteiger partial charge in [0.1, 0.15) is 0 Å². The maximum absolute atomic E-state index is 5.83. The van der Waals surface area contributed by atoms with Gasteiger partial charge in [0.2, 0.25) is 0 Å². The predicted molar refractivity (Wildman–Crippen MR) is 74.4 cm³/mol. The molecule has 1 aliphatic rings. The highest BCUT2D eigenvalue weighted by molar-refractivity contribution is 7.11. The third-order valence-electron chi connectivity index (χ3n) is 3.67. The second kappa shape index (κ2) is 6.50. The van der Waals surface area contributed by atoms with Crippen LogP contribution in [0.5, 0.6) is 0 Å². The van der Waals surface area contributed by atoms with E-state index in [4.69, 9.17) is 10.7 Å². The molecule has 17 heavy (non-hydrogen) atoms. The Labute approximate surface area is 109 Å². The summed E-state index contributed by atoms with van der Waals surface area (Å²) >= 11 is 1.88. The van der Waals surface area contributed by atoms with Crippen molar-refractivity contribution in [2.75, 3.05) is 0 Å². The summed E-state index contributed by atoms with van der Waals surface area (Å²) < 4.78 is 0. The predicted octanol–water partition coefficient (Wildman–Crippen LogP) is 3.99. The molecule has 0 bridgehead atoms. The van der Waals surface area contributed by atoms with E-state index < -0.39 is 0 Å². The van der Waals surface area contributed by atoms with Crippen LogP contribution in [0.15, 0.2) is 0 Å². The van der Waals surface area contributed by atoms with Crippen LogP contribution in [0.3, 0.4) is 0 Å². The Balaban J connectivity index is 2.13. The molecule has 1 heterocycles. The SMILES string of the molecule is CCCc1nc(C2CCCCCC2)sc1CN. The zero-order chi connectivity index (χ0) is 12.1. The van der Waals surface area contributed by atoms with Gasteiger partial charge < -0.3 is 5.73 Å². The molecule has 3 heteroatoms. The number of nitrogens with two attached hydrogens (primary N) is 1. The standard InChI is InChI=1S/C14H24N2S/c1-2-7-12-13(10-15)17-14(16-12)11-8-5-3-4-6-9-11/h11H,2-10,15H2,1H3. The summed E-state index contributed by atoms with van der Waals surface area (Å²) in [6.45, 7) is 2.88. The summed E-state index contributed by atoms with van der Waals surface area (Å²) in [4.78, 5) is 6.20. The lowest BCUT2D eigenvalue weighted by molar-refractivity contribution is 0.587. The smallest absolute Gasteiger partial charge is 0.0962 e. The molecule has 0 atom stereocenters. The summed E-state index contributed by atoms with van der Waals surface area (Å²) in [5, 5.41) is 1.37. The molecule has 1 aromatic rings. The number of aromatic nitrogens is 1. The molecule has 0 spiro atoms. The molecule has 0 unspecified atom stereocenters. The largest absolute Gasteiger partial charge is 0.326 e. The number of rotatable bonds is 4. The molecule has 0 amide bonds. The monoisotopic (exact) mass is 252 g/mol. The van der Waals surface area contributed by atoms with Gasteiger partial charge in [-0.25, -0.2) is 4.98 Å². The fourth-order valence-corrected chi connectivity index (χ4v) is 3.86. The zero-order valence-electron chi connectivity index (χ0n) is 10.9. The van der Waals surface area contributed by atoms with E-state index in [0.717, 1.165) is 12.3 Å². The molecule has 0 aromatic carbocycles. The fourth-order valence-electron chi connectivity index (χ4n) is 2.70. The van der Waals surface area contributed by atoms with E-state index >= 15 is 0 Å². The van der Waals surface area contributed by atoms with Gasteiger partial charge in [0, 0.05) is 17.3 Å². The van der Waals surface area contributed by atoms with Gasteiger partial charge in [0.15, 0.2) is 0 Å². The zero-order valence-corrected chi connectivity index (χ0v) is 11.7. The Morgan fingerprint density at radius 2 is 1.94 bits per heavy atom. The van der Waals surface area contributed by atoms with Crippen molar-refractivity contribution in [2.24, 2.45) is 5.73 Å². The van der Waals surface area contributed by atoms with Crippen molar-refractivity contribution in [1.29, 1.82) is 0 Å². The van der Waals surface area contributed by atoms with Gasteiger partial charge in [0.05, 0.1) is 10.7 Å². The average molecular weight is 252 g/mol. The van der Waals surface area contributed by atoms with Crippen LogP contribution in [-0.4, -0.2) is 4.98 Å². The topological polar surface area (TPSA) is 38.9 Å². The molecular weight excluding hydrogens is 228 g/mol. The van der Waals surface area contributed by atoms with Crippen LogP contribution in [0.2, 0.25) is 0 Å². The first-order chi connectivity index (χ1) is 8.35. The Hall–Kier alpha value is -0.410.